The molecule has 0 bridgehead atoms. The van der Waals surface area contributed by atoms with Gasteiger partial charge in [0.25, 0.3) is 5.91 Å². The molecule has 25 heavy (non-hydrogen) atoms. The molecular formula is C21H19NO2S. The molecule has 0 spiro atoms. The summed E-state index contributed by atoms with van der Waals surface area (Å²) in [4.78, 5) is 16.2. The van der Waals surface area contributed by atoms with E-state index in [-0.39, 0.29) is 5.91 Å². The molecule has 126 valence electrons. The van der Waals surface area contributed by atoms with Crippen LogP contribution in [0.4, 0.5) is 0 Å². The first-order valence-electron chi connectivity index (χ1n) is 8.44. The normalized spacial score (nSPS) is 14.5. The summed E-state index contributed by atoms with van der Waals surface area (Å²) in [6, 6.07) is 20.5. The molecule has 0 aliphatic carbocycles. The first-order chi connectivity index (χ1) is 12.3. The number of nitrogens with zero attached hydrogens (tertiary/aromatic N) is 1. The summed E-state index contributed by atoms with van der Waals surface area (Å²) >= 11 is 1.64. The predicted octanol–water partition coefficient (Wildman–Crippen LogP) is 4.55. The minimum Gasteiger partial charge on any atom is -0.378 e. The highest BCUT2D eigenvalue weighted by atomic mass is 32.1. The maximum Gasteiger partial charge on any atom is 0.255 e. The van der Waals surface area contributed by atoms with Crippen molar-refractivity contribution in [2.45, 2.75) is 0 Å². The van der Waals surface area contributed by atoms with Gasteiger partial charge in [-0.15, -0.1) is 11.3 Å². The average molecular weight is 349 g/mol. The van der Waals surface area contributed by atoms with Crippen molar-refractivity contribution in [3.05, 3.63) is 71.6 Å². The highest BCUT2D eigenvalue weighted by molar-refractivity contribution is 7.14. The lowest BCUT2D eigenvalue weighted by molar-refractivity contribution is 0.0304. The summed E-state index contributed by atoms with van der Waals surface area (Å²) in [5, 5.41) is 2.00. The third kappa shape index (κ3) is 3.23. The monoisotopic (exact) mass is 349 g/mol. The molecule has 0 saturated carbocycles. The van der Waals surface area contributed by atoms with Crippen molar-refractivity contribution in [1.82, 2.24) is 4.90 Å². The Labute approximate surface area is 151 Å². The van der Waals surface area contributed by atoms with E-state index in [9.17, 15) is 4.79 Å². The van der Waals surface area contributed by atoms with Crippen LogP contribution in [0.1, 0.15) is 10.4 Å². The molecule has 1 saturated heterocycles. The van der Waals surface area contributed by atoms with E-state index in [1.165, 1.54) is 0 Å². The van der Waals surface area contributed by atoms with Gasteiger partial charge in [0.1, 0.15) is 0 Å². The number of carbonyl (C=O) groups is 1. The van der Waals surface area contributed by atoms with E-state index in [0.29, 0.717) is 26.3 Å². The van der Waals surface area contributed by atoms with E-state index in [2.05, 4.69) is 24.3 Å². The summed E-state index contributed by atoms with van der Waals surface area (Å²) < 4.78 is 5.38. The van der Waals surface area contributed by atoms with Crippen LogP contribution in [-0.2, 0) is 4.74 Å². The van der Waals surface area contributed by atoms with E-state index >= 15 is 0 Å². The Hall–Kier alpha value is -2.43. The van der Waals surface area contributed by atoms with E-state index in [0.717, 1.165) is 27.1 Å². The SMILES string of the molecule is O=C(c1csc(-c2ccccc2)c1-c1ccccc1)N1CCOCC1. The number of hydrogen-bond acceptors (Lipinski definition) is 3. The Morgan fingerprint density at radius 2 is 1.48 bits per heavy atom. The molecule has 4 rings (SSSR count). The first kappa shape index (κ1) is 16.1. The van der Waals surface area contributed by atoms with Crippen molar-refractivity contribution < 1.29 is 9.53 Å². The van der Waals surface area contributed by atoms with Gasteiger partial charge in [-0.3, -0.25) is 4.79 Å². The second kappa shape index (κ2) is 7.21. The van der Waals surface area contributed by atoms with Crippen LogP contribution in [0.3, 0.4) is 0 Å². The summed E-state index contributed by atoms with van der Waals surface area (Å²) in [6.45, 7) is 2.54. The van der Waals surface area contributed by atoms with Gasteiger partial charge in [-0.25, -0.2) is 0 Å². The van der Waals surface area contributed by atoms with Gasteiger partial charge < -0.3 is 9.64 Å². The van der Waals surface area contributed by atoms with Gasteiger partial charge in [0.15, 0.2) is 0 Å². The summed E-state index contributed by atoms with van der Waals surface area (Å²) in [6.07, 6.45) is 0. The lowest BCUT2D eigenvalue weighted by atomic mass is 9.98. The van der Waals surface area contributed by atoms with Crippen molar-refractivity contribution in [1.29, 1.82) is 0 Å². The predicted molar refractivity (Wildman–Crippen MR) is 102 cm³/mol. The Morgan fingerprint density at radius 1 is 0.880 bits per heavy atom. The van der Waals surface area contributed by atoms with Crippen molar-refractivity contribution in [3.63, 3.8) is 0 Å². The maximum absolute atomic E-state index is 13.1. The lowest BCUT2D eigenvalue weighted by Gasteiger charge is -2.27. The Kier molecular flexibility index (Phi) is 4.63. The smallest absolute Gasteiger partial charge is 0.255 e. The van der Waals surface area contributed by atoms with Gasteiger partial charge in [0, 0.05) is 28.9 Å². The number of rotatable bonds is 3. The molecule has 2 heterocycles. The van der Waals surface area contributed by atoms with Crippen molar-refractivity contribution >= 4 is 17.2 Å². The van der Waals surface area contributed by atoms with Crippen LogP contribution in [0.5, 0.6) is 0 Å². The third-order valence-electron chi connectivity index (χ3n) is 4.42. The number of morpholine rings is 1. The number of hydrogen-bond donors (Lipinski definition) is 0. The molecule has 1 fully saturated rings. The number of amides is 1. The summed E-state index contributed by atoms with van der Waals surface area (Å²) in [5.74, 6) is 0.0978. The fraction of sp³-hybridized carbons (Fsp3) is 0.190. The minimum atomic E-state index is 0.0978. The van der Waals surface area contributed by atoms with Gasteiger partial charge in [-0.05, 0) is 11.1 Å². The quantitative estimate of drug-likeness (QED) is 0.694. The highest BCUT2D eigenvalue weighted by Gasteiger charge is 2.25. The maximum atomic E-state index is 13.1. The van der Waals surface area contributed by atoms with E-state index in [1.54, 1.807) is 11.3 Å². The van der Waals surface area contributed by atoms with Crippen LogP contribution in [0.25, 0.3) is 21.6 Å². The van der Waals surface area contributed by atoms with Gasteiger partial charge in [-0.2, -0.15) is 0 Å². The van der Waals surface area contributed by atoms with Gasteiger partial charge in [0.2, 0.25) is 0 Å². The third-order valence-corrected chi connectivity index (χ3v) is 5.45. The van der Waals surface area contributed by atoms with Crippen LogP contribution < -0.4 is 0 Å². The zero-order valence-corrected chi connectivity index (χ0v) is 14.7. The first-order valence-corrected chi connectivity index (χ1v) is 9.32. The fourth-order valence-corrected chi connectivity index (χ4v) is 4.22. The largest absolute Gasteiger partial charge is 0.378 e. The van der Waals surface area contributed by atoms with Gasteiger partial charge >= 0.3 is 0 Å². The van der Waals surface area contributed by atoms with E-state index in [4.69, 9.17) is 4.74 Å². The second-order valence-electron chi connectivity index (χ2n) is 5.99. The molecule has 4 heteroatoms. The number of carbonyl (C=O) groups excluding carboxylic acids is 1. The molecule has 1 aliphatic rings. The average Bonchev–Trinajstić information content (AvgIpc) is 3.14. The van der Waals surface area contributed by atoms with Crippen molar-refractivity contribution in [2.24, 2.45) is 0 Å². The van der Waals surface area contributed by atoms with Gasteiger partial charge in [0.05, 0.1) is 18.8 Å². The fourth-order valence-electron chi connectivity index (χ4n) is 3.15. The van der Waals surface area contributed by atoms with Crippen LogP contribution >= 0.6 is 11.3 Å². The topological polar surface area (TPSA) is 29.5 Å². The van der Waals surface area contributed by atoms with Crippen molar-refractivity contribution in [3.8, 4) is 21.6 Å². The molecule has 2 aromatic carbocycles. The van der Waals surface area contributed by atoms with Gasteiger partial charge in [-0.1, -0.05) is 60.7 Å². The molecule has 1 aromatic heterocycles. The molecule has 0 N–H and O–H groups in total. The van der Waals surface area contributed by atoms with Crippen LogP contribution in [0.15, 0.2) is 66.0 Å². The summed E-state index contributed by atoms with van der Waals surface area (Å²) in [7, 11) is 0. The lowest BCUT2D eigenvalue weighted by Crippen LogP contribution is -2.40. The zero-order chi connectivity index (χ0) is 17.1. The van der Waals surface area contributed by atoms with E-state index < -0.39 is 0 Å². The molecule has 3 aromatic rings. The highest BCUT2D eigenvalue weighted by Crippen LogP contribution is 2.40. The van der Waals surface area contributed by atoms with Crippen LogP contribution in [0, 0.1) is 0 Å². The second-order valence-corrected chi connectivity index (χ2v) is 6.87. The van der Waals surface area contributed by atoms with Crippen LogP contribution in [0.2, 0.25) is 0 Å². The van der Waals surface area contributed by atoms with E-state index in [1.807, 2.05) is 46.7 Å². The molecule has 0 unspecified atom stereocenters. The van der Waals surface area contributed by atoms with Crippen molar-refractivity contribution in [2.75, 3.05) is 26.3 Å². The Balaban J connectivity index is 1.82. The number of ether oxygens (including phenoxy) is 1. The molecule has 0 radical (unpaired) electrons. The minimum absolute atomic E-state index is 0.0978. The molecular weight excluding hydrogens is 330 g/mol. The number of thiophene rings is 1. The summed E-state index contributed by atoms with van der Waals surface area (Å²) in [5.41, 5.74) is 4.05. The molecule has 3 nitrogen and oxygen atoms in total. The molecule has 0 atom stereocenters. The number of benzene rings is 2. The standard InChI is InChI=1S/C21H19NO2S/c23-21(22-11-13-24-14-12-22)18-15-25-20(17-9-5-2-6-10-17)19(18)16-7-3-1-4-8-16/h1-10,15H,11-14H2. The zero-order valence-electron chi connectivity index (χ0n) is 13.9. The van der Waals surface area contributed by atoms with Crippen LogP contribution in [-0.4, -0.2) is 37.1 Å². The Morgan fingerprint density at radius 3 is 2.12 bits per heavy atom. The Bertz CT molecular complexity index is 852. The molecule has 1 aliphatic heterocycles. The molecule has 1 amide bonds.